The van der Waals surface area contributed by atoms with Gasteiger partial charge in [0.15, 0.2) is 0 Å². The Bertz CT molecular complexity index is 458. The molecule has 2 N–H and O–H groups in total. The zero-order chi connectivity index (χ0) is 17.3. The van der Waals surface area contributed by atoms with Crippen molar-refractivity contribution in [3.05, 3.63) is 0 Å². The second kappa shape index (κ2) is 6.30. The van der Waals surface area contributed by atoms with Gasteiger partial charge < -0.3 is 20.1 Å². The average molecular weight is 326 g/mol. The number of carboxylic acids is 1. The van der Waals surface area contributed by atoms with E-state index < -0.39 is 17.1 Å². The van der Waals surface area contributed by atoms with Crippen molar-refractivity contribution in [1.82, 2.24) is 10.2 Å². The number of ether oxygens (including phenoxy) is 1. The highest BCUT2D eigenvalue weighted by molar-refractivity contribution is 5.73. The van der Waals surface area contributed by atoms with Crippen LogP contribution in [0.3, 0.4) is 0 Å². The second-order valence-corrected chi connectivity index (χ2v) is 8.43. The summed E-state index contributed by atoms with van der Waals surface area (Å²) in [6, 6.07) is 0. The summed E-state index contributed by atoms with van der Waals surface area (Å²) < 4.78 is 5.37. The highest BCUT2D eigenvalue weighted by atomic mass is 16.6. The van der Waals surface area contributed by atoms with E-state index in [4.69, 9.17) is 4.74 Å². The Hall–Kier alpha value is -1.30. The number of amides is 1. The van der Waals surface area contributed by atoms with E-state index in [1.807, 2.05) is 20.8 Å². The van der Waals surface area contributed by atoms with Crippen LogP contribution in [-0.2, 0) is 9.53 Å². The number of carbonyl (C=O) groups is 2. The van der Waals surface area contributed by atoms with Crippen LogP contribution >= 0.6 is 0 Å². The molecular formula is C17H30N2O4. The Morgan fingerprint density at radius 3 is 2.22 bits per heavy atom. The Balaban J connectivity index is 2.00. The lowest BCUT2D eigenvalue weighted by Gasteiger charge is -2.54. The quantitative estimate of drug-likeness (QED) is 0.830. The summed E-state index contributed by atoms with van der Waals surface area (Å²) in [4.78, 5) is 25.0. The molecule has 6 nitrogen and oxygen atoms in total. The zero-order valence-electron chi connectivity index (χ0n) is 14.8. The number of likely N-dealkylation sites (tertiary alicyclic amines) is 1. The van der Waals surface area contributed by atoms with Gasteiger partial charge in [-0.05, 0) is 40.5 Å². The molecule has 2 aliphatic rings. The summed E-state index contributed by atoms with van der Waals surface area (Å²) in [7, 11) is 0. The first-order valence-corrected chi connectivity index (χ1v) is 8.52. The smallest absolute Gasteiger partial charge is 0.410 e. The molecule has 0 spiro atoms. The van der Waals surface area contributed by atoms with Crippen LogP contribution in [0.15, 0.2) is 0 Å². The van der Waals surface area contributed by atoms with E-state index in [1.54, 1.807) is 4.90 Å². The Kier molecular flexibility index (Phi) is 4.95. The van der Waals surface area contributed by atoms with Crippen molar-refractivity contribution in [3.8, 4) is 0 Å². The number of hydrogen-bond donors (Lipinski definition) is 2. The van der Waals surface area contributed by atoms with Gasteiger partial charge in [0.2, 0.25) is 0 Å². The van der Waals surface area contributed by atoms with Gasteiger partial charge in [0.05, 0.1) is 12.0 Å². The van der Waals surface area contributed by atoms with E-state index in [2.05, 4.69) is 12.2 Å². The maximum Gasteiger partial charge on any atom is 0.410 e. The molecule has 2 rings (SSSR count). The van der Waals surface area contributed by atoms with Gasteiger partial charge in [-0.25, -0.2) is 4.79 Å². The van der Waals surface area contributed by atoms with Crippen molar-refractivity contribution >= 4 is 12.1 Å². The van der Waals surface area contributed by atoms with Gasteiger partial charge in [0.25, 0.3) is 0 Å². The standard InChI is InChI=1S/C17H30N2O4/c1-15(2,3)23-14(22)19-11-17(12-19,10-13(20)21)18-16(4)8-6-5-7-9-16/h18H,5-12H2,1-4H3,(H,20,21). The first-order valence-electron chi connectivity index (χ1n) is 8.52. The minimum Gasteiger partial charge on any atom is -0.481 e. The molecule has 1 heterocycles. The number of rotatable bonds is 4. The minimum atomic E-state index is -0.833. The van der Waals surface area contributed by atoms with Crippen LogP contribution in [0.4, 0.5) is 4.79 Å². The molecule has 1 saturated heterocycles. The molecule has 0 bridgehead atoms. The molecule has 0 atom stereocenters. The number of aliphatic carboxylic acids is 1. The lowest BCUT2D eigenvalue weighted by molar-refractivity contribution is -0.141. The van der Waals surface area contributed by atoms with Crippen LogP contribution in [0.5, 0.6) is 0 Å². The summed E-state index contributed by atoms with van der Waals surface area (Å²) in [6.07, 6.45) is 5.36. The Morgan fingerprint density at radius 1 is 1.17 bits per heavy atom. The van der Waals surface area contributed by atoms with Crippen molar-refractivity contribution in [2.24, 2.45) is 0 Å². The molecule has 23 heavy (non-hydrogen) atoms. The Labute approximate surface area is 138 Å². The molecule has 132 valence electrons. The minimum absolute atomic E-state index is 0.0297. The first kappa shape index (κ1) is 18.0. The summed E-state index contributed by atoms with van der Waals surface area (Å²) in [6.45, 7) is 8.45. The summed E-state index contributed by atoms with van der Waals surface area (Å²) in [5, 5.41) is 12.9. The van der Waals surface area contributed by atoms with Crippen LogP contribution in [0, 0.1) is 0 Å². The monoisotopic (exact) mass is 326 g/mol. The third-order valence-corrected chi connectivity index (χ3v) is 4.65. The molecular weight excluding hydrogens is 296 g/mol. The van der Waals surface area contributed by atoms with Crippen LogP contribution in [0.25, 0.3) is 0 Å². The molecule has 0 aromatic carbocycles. The highest BCUT2D eigenvalue weighted by Crippen LogP contribution is 2.34. The fraction of sp³-hybridized carbons (Fsp3) is 0.882. The molecule has 1 amide bonds. The number of carboxylic acid groups (broad SMARTS) is 1. The van der Waals surface area contributed by atoms with Crippen molar-refractivity contribution in [1.29, 1.82) is 0 Å². The average Bonchev–Trinajstić information content (AvgIpc) is 2.32. The van der Waals surface area contributed by atoms with E-state index in [0.717, 1.165) is 12.8 Å². The van der Waals surface area contributed by atoms with Crippen LogP contribution in [0.1, 0.15) is 66.2 Å². The molecule has 1 aliphatic heterocycles. The molecule has 0 aromatic heterocycles. The third kappa shape index (κ3) is 4.83. The topological polar surface area (TPSA) is 78.9 Å². The molecule has 0 unspecified atom stereocenters. The van der Waals surface area contributed by atoms with Crippen molar-refractivity contribution in [2.75, 3.05) is 13.1 Å². The van der Waals surface area contributed by atoms with Crippen LogP contribution in [0.2, 0.25) is 0 Å². The molecule has 1 saturated carbocycles. The number of hydrogen-bond acceptors (Lipinski definition) is 4. The van der Waals surface area contributed by atoms with E-state index in [9.17, 15) is 14.7 Å². The number of nitrogens with one attached hydrogen (secondary N) is 1. The Morgan fingerprint density at radius 2 is 1.74 bits per heavy atom. The van der Waals surface area contributed by atoms with Crippen molar-refractivity contribution in [3.63, 3.8) is 0 Å². The molecule has 0 aromatic rings. The molecule has 2 fully saturated rings. The van der Waals surface area contributed by atoms with Crippen LogP contribution in [-0.4, -0.2) is 51.8 Å². The predicted octanol–water partition coefficient (Wildman–Crippen LogP) is 2.76. The summed E-state index contributed by atoms with van der Waals surface area (Å²) in [5.41, 5.74) is -1.10. The summed E-state index contributed by atoms with van der Waals surface area (Å²) in [5.74, 6) is -0.833. The van der Waals surface area contributed by atoms with E-state index in [-0.39, 0.29) is 18.1 Å². The predicted molar refractivity (Wildman–Crippen MR) is 87.4 cm³/mol. The van der Waals surface area contributed by atoms with Gasteiger partial charge in [-0.1, -0.05) is 19.3 Å². The third-order valence-electron chi connectivity index (χ3n) is 4.65. The van der Waals surface area contributed by atoms with E-state index in [0.29, 0.717) is 13.1 Å². The zero-order valence-corrected chi connectivity index (χ0v) is 14.8. The second-order valence-electron chi connectivity index (χ2n) is 8.43. The first-order chi connectivity index (χ1) is 10.5. The van der Waals surface area contributed by atoms with Crippen molar-refractivity contribution < 1.29 is 19.4 Å². The highest BCUT2D eigenvalue weighted by Gasteiger charge is 2.50. The van der Waals surface area contributed by atoms with Gasteiger partial charge >= 0.3 is 12.1 Å². The molecule has 1 aliphatic carbocycles. The maximum atomic E-state index is 12.1. The van der Waals surface area contributed by atoms with Gasteiger partial charge in [-0.15, -0.1) is 0 Å². The molecule has 6 heteroatoms. The number of nitrogens with zero attached hydrogens (tertiary/aromatic N) is 1. The van der Waals surface area contributed by atoms with Gasteiger partial charge in [-0.2, -0.15) is 0 Å². The number of carbonyl (C=O) groups excluding carboxylic acids is 1. The fourth-order valence-electron chi connectivity index (χ4n) is 3.76. The summed E-state index contributed by atoms with van der Waals surface area (Å²) >= 11 is 0. The van der Waals surface area contributed by atoms with E-state index >= 15 is 0 Å². The van der Waals surface area contributed by atoms with Gasteiger partial charge in [0.1, 0.15) is 5.60 Å². The maximum absolute atomic E-state index is 12.1. The SMILES string of the molecule is CC1(NC2(CC(=O)O)CN(C(=O)OC(C)(C)C)C2)CCCCC1. The lowest BCUT2D eigenvalue weighted by Crippen LogP contribution is -2.74. The van der Waals surface area contributed by atoms with Crippen LogP contribution < -0.4 is 5.32 Å². The van der Waals surface area contributed by atoms with Crippen molar-refractivity contribution in [2.45, 2.75) is 82.9 Å². The van der Waals surface area contributed by atoms with Gasteiger partial charge in [0, 0.05) is 18.6 Å². The molecule has 0 radical (unpaired) electrons. The van der Waals surface area contributed by atoms with Gasteiger partial charge in [-0.3, -0.25) is 4.79 Å². The normalized spacial score (nSPS) is 23.0. The largest absolute Gasteiger partial charge is 0.481 e. The van der Waals surface area contributed by atoms with E-state index in [1.165, 1.54) is 19.3 Å². The fourth-order valence-corrected chi connectivity index (χ4v) is 3.76. The lowest BCUT2D eigenvalue weighted by atomic mass is 9.77.